The number of aryl methyl sites for hydroxylation is 2. The molecule has 3 N–H and O–H groups in total. The predicted octanol–water partition coefficient (Wildman–Crippen LogP) is 5.64. The fourth-order valence-corrected chi connectivity index (χ4v) is 15.5. The van der Waals surface area contributed by atoms with Crippen molar-refractivity contribution in [1.29, 1.82) is 0 Å². The number of hydrogen-bond donors (Lipinski definition) is 3. The number of anilines is 1. The predicted molar refractivity (Wildman–Crippen MR) is 384 cm³/mol. The van der Waals surface area contributed by atoms with Crippen molar-refractivity contribution in [2.24, 2.45) is 0 Å². The molecule has 7 aromatic rings. The van der Waals surface area contributed by atoms with E-state index in [9.17, 15) is 45.5 Å². The number of nitrogens with zero attached hydrogens (tertiary/aromatic N) is 5. The number of hydrogen-bond acceptors (Lipinski definition) is 17. The first-order valence-electron chi connectivity index (χ1n) is 34.0. The largest absolute Gasteiger partial charge is 1.00 e. The van der Waals surface area contributed by atoms with Gasteiger partial charge >= 0.3 is 109 Å². The van der Waals surface area contributed by atoms with Crippen LogP contribution in [-0.2, 0) is 68.1 Å². The van der Waals surface area contributed by atoms with Crippen LogP contribution in [0.25, 0.3) is 32.7 Å². The van der Waals surface area contributed by atoms with Crippen LogP contribution in [0.3, 0.4) is 0 Å². The molecule has 10 rings (SSSR count). The molecule has 102 heavy (non-hydrogen) atoms. The molecule has 0 bridgehead atoms. The number of allylic oxidation sites excluding steroid dienone is 6. The summed E-state index contributed by atoms with van der Waals surface area (Å²) in [7, 11) is -7.88. The topological polar surface area (TPSA) is 263 Å². The van der Waals surface area contributed by atoms with E-state index < -0.39 is 49.1 Å². The van der Waals surface area contributed by atoms with Gasteiger partial charge in [-0.15, -0.1) is 0 Å². The normalized spacial score (nSPS) is 15.8. The van der Waals surface area contributed by atoms with E-state index in [1.165, 1.54) is 23.3 Å². The number of carbonyl (C=O) groups is 3. The maximum Gasteiger partial charge on any atom is 1.00 e. The summed E-state index contributed by atoms with van der Waals surface area (Å²) in [6, 6.07) is 37.8. The van der Waals surface area contributed by atoms with Crippen LogP contribution in [0.1, 0.15) is 100 Å². The summed E-state index contributed by atoms with van der Waals surface area (Å²) in [5, 5.41) is 16.7. The fraction of sp³-hybridized carbons (Fsp3) is 0.377. The average molecular weight is 1480 g/mol. The summed E-state index contributed by atoms with van der Waals surface area (Å²) in [6.07, 6.45) is 12.1. The van der Waals surface area contributed by atoms with Gasteiger partial charge in [-0.25, -0.2) is 27.1 Å². The molecule has 7 aromatic carbocycles. The summed E-state index contributed by atoms with van der Waals surface area (Å²) in [5.41, 5.74) is 11.3. The van der Waals surface area contributed by atoms with Crippen molar-refractivity contribution >= 4 is 76.8 Å². The molecule has 3 heterocycles. The van der Waals surface area contributed by atoms with Gasteiger partial charge in [0.25, 0.3) is 5.91 Å². The second-order valence-corrected chi connectivity index (χ2v) is 29.3. The smallest absolute Gasteiger partial charge is 0.744 e. The number of alkyl carbamates (subject to hydrolysis) is 1. The number of methoxy groups -OCH3 is 1. The third kappa shape index (κ3) is 19.8. The Morgan fingerprint density at radius 2 is 1.41 bits per heavy atom. The maximum atomic E-state index is 13.7. The van der Waals surface area contributed by atoms with Gasteiger partial charge in [-0.05, 0) is 163 Å². The molecule has 21 nitrogen and oxygen atoms in total. The second-order valence-electron chi connectivity index (χ2n) is 26.6. The van der Waals surface area contributed by atoms with E-state index in [2.05, 4.69) is 72.5 Å². The number of fused-ring (bicyclic) bond motifs is 6. The van der Waals surface area contributed by atoms with Crippen molar-refractivity contribution < 1.29 is 172 Å². The zero-order valence-corrected chi connectivity index (χ0v) is 68.0. The molecule has 1 atom stereocenters. The van der Waals surface area contributed by atoms with Crippen LogP contribution in [0.2, 0.25) is 0 Å². The Kier molecular flexibility index (Phi) is 29.7. The van der Waals surface area contributed by atoms with Gasteiger partial charge in [0.1, 0.15) is 45.2 Å². The first-order chi connectivity index (χ1) is 47.8. The van der Waals surface area contributed by atoms with Crippen molar-refractivity contribution in [1.82, 2.24) is 25.7 Å². The number of unbranched alkanes of at least 4 members (excludes halogenated alkanes) is 2. The number of nitrogens with one attached hydrogen (secondary N) is 2. The molecule has 0 unspecified atom stereocenters. The Labute approximate surface area is 684 Å². The van der Waals surface area contributed by atoms with Gasteiger partial charge < -0.3 is 38.4 Å². The monoisotopic (exact) mass is 1480 g/mol. The zero-order valence-electron chi connectivity index (χ0n) is 60.1. The van der Waals surface area contributed by atoms with Crippen molar-refractivity contribution in [2.75, 3.05) is 84.2 Å². The van der Waals surface area contributed by atoms with E-state index in [0.717, 1.165) is 85.5 Å². The molecule has 0 aromatic heterocycles. The quantitative estimate of drug-likeness (QED) is 0.00936. The number of carbonyl (C=O) groups excluding carboxylic acids is 3. The molecule has 1 saturated heterocycles. The first-order valence-corrected chi connectivity index (χ1v) is 36.8. The zero-order chi connectivity index (χ0) is 71.5. The van der Waals surface area contributed by atoms with Gasteiger partial charge in [0, 0.05) is 99.7 Å². The molecule has 3 amide bonds. The maximum absolute atomic E-state index is 13.7. The molecule has 0 radical (unpaired) electrons. The van der Waals surface area contributed by atoms with Crippen LogP contribution in [0.15, 0.2) is 173 Å². The van der Waals surface area contributed by atoms with E-state index in [1.807, 2.05) is 127 Å². The second kappa shape index (κ2) is 36.8. The minimum Gasteiger partial charge on any atom is -0.744 e. The van der Waals surface area contributed by atoms with Crippen LogP contribution in [-0.4, -0.2) is 160 Å². The number of piperazine rings is 1. The Balaban J connectivity index is 0.00000660. The standard InChI is InChI=1S/C77H91N7O14S2.2K/c1-9-82-65-34-32-61-54(3)49-60(99(89,90)91)50-64(61)73(65)76(4,5)69(82)21-15-11-16-22-70-77(6,7)72-63-47-53(2)48-68(100(92,93)94)62(63)33-35-66(72)83(70)38-18-12-17-23-71(85)81-41-39-80(40-42-81)43-44-96-45-46-98-84(51-55-24-26-57(27-25-55)58-28-30-59(95-8)31-29-58)67(74(86)79-88)36-37-78-75(87)97-52-56-19-13-10-14-20-56;;/h10-11,13-16,19-22,24-35,47-50,67H,9,12,17-18,23,36-46,51-52H2,1-8H3,(H4-,78,79,86,87,88,89,90,91,92,93,94);;/q;2*+1/p-1/t67-;;/m1../s1. The Morgan fingerprint density at radius 1 is 0.725 bits per heavy atom. The average Bonchev–Trinajstić information content (AvgIpc) is 1.56. The van der Waals surface area contributed by atoms with Crippen LogP contribution in [0, 0.1) is 13.8 Å². The Hall–Kier alpha value is -5.35. The van der Waals surface area contributed by atoms with Crippen LogP contribution in [0.5, 0.6) is 5.75 Å². The first kappa shape index (κ1) is 82.3. The van der Waals surface area contributed by atoms with Crippen molar-refractivity contribution in [3.8, 4) is 16.9 Å². The van der Waals surface area contributed by atoms with Gasteiger partial charge in [-0.1, -0.05) is 111 Å². The molecule has 0 spiro atoms. The van der Waals surface area contributed by atoms with E-state index in [-0.39, 0.29) is 158 Å². The number of amides is 3. The SMILES string of the molecule is CCN1/C(=C/C=C/C=C/C2=[N+](CCCCCC(=O)N3CCN(CCOCCON(Cc4ccc(-c5ccc(OC)cc5)cc4)[C@H](CCNC(=O)OCc4ccccc4)C(=O)NO)CC3)c3ccc4c(S(=O)(=O)[O-])cc(C)cc4c3C2(C)C)C(C)(C)c2c1ccc1c(C)cc(S(=O)(=O)[O-])cc21.[K+].[K+]. The van der Waals surface area contributed by atoms with E-state index in [4.69, 9.17) is 19.0 Å². The molecule has 25 heteroatoms. The number of likely N-dealkylation sites (N-methyl/N-ethyl adjacent to an activating group) is 1. The summed E-state index contributed by atoms with van der Waals surface area (Å²) in [5.74, 6) is 0.133. The summed E-state index contributed by atoms with van der Waals surface area (Å²) in [6.45, 7) is 19.5. The molecule has 530 valence electrons. The Bertz CT molecular complexity index is 4510. The third-order valence-corrected chi connectivity index (χ3v) is 20.9. The van der Waals surface area contributed by atoms with Gasteiger partial charge in [-0.3, -0.25) is 24.5 Å². The molecule has 1 fully saturated rings. The molecular formula is C77H90K2N7O14S2+. The minimum absolute atomic E-state index is 0. The summed E-state index contributed by atoms with van der Waals surface area (Å²) >= 11 is 0. The number of hydroxylamine groups is 3. The molecular weight excluding hydrogens is 1390 g/mol. The minimum atomic E-state index is -4.80. The van der Waals surface area contributed by atoms with E-state index in [0.29, 0.717) is 87.2 Å². The van der Waals surface area contributed by atoms with Crippen molar-refractivity contribution in [3.63, 3.8) is 0 Å². The number of benzene rings is 7. The van der Waals surface area contributed by atoms with Crippen LogP contribution < -0.4 is 123 Å². The Morgan fingerprint density at radius 3 is 2.08 bits per heavy atom. The van der Waals surface area contributed by atoms with E-state index in [1.54, 1.807) is 25.6 Å². The number of rotatable bonds is 30. The number of ether oxygens (including phenoxy) is 3. The summed E-state index contributed by atoms with van der Waals surface area (Å²) < 4.78 is 93.9. The van der Waals surface area contributed by atoms with Gasteiger partial charge in [0.2, 0.25) is 11.6 Å². The van der Waals surface area contributed by atoms with Crippen molar-refractivity contribution in [3.05, 3.63) is 197 Å². The van der Waals surface area contributed by atoms with E-state index >= 15 is 0 Å². The molecule has 0 aliphatic carbocycles. The molecule has 3 aliphatic rings. The van der Waals surface area contributed by atoms with Gasteiger partial charge in [-0.2, -0.15) is 9.64 Å². The van der Waals surface area contributed by atoms with Crippen LogP contribution in [0.4, 0.5) is 16.2 Å². The third-order valence-electron chi connectivity index (χ3n) is 19.2. The van der Waals surface area contributed by atoms with Crippen LogP contribution >= 0.6 is 0 Å². The van der Waals surface area contributed by atoms with Gasteiger partial charge in [0.05, 0.1) is 42.1 Å². The molecule has 0 saturated carbocycles. The molecule has 3 aliphatic heterocycles. The van der Waals surface area contributed by atoms with Gasteiger partial charge in [0.15, 0.2) is 5.71 Å². The van der Waals surface area contributed by atoms with Crippen molar-refractivity contribution in [2.45, 2.75) is 120 Å². The fourth-order valence-electron chi connectivity index (χ4n) is 14.1. The summed E-state index contributed by atoms with van der Waals surface area (Å²) in [4.78, 5) is 51.7.